The van der Waals surface area contributed by atoms with E-state index in [1.54, 1.807) is 25.1 Å². The maximum absolute atomic E-state index is 14.6. The smallest absolute Gasteiger partial charge is 0.251 e. The number of anilines is 1. The molecule has 246 valence electrons. The van der Waals surface area contributed by atoms with Crippen molar-refractivity contribution >= 4 is 35.3 Å². The minimum atomic E-state index is -1.60. The van der Waals surface area contributed by atoms with Crippen molar-refractivity contribution in [3.05, 3.63) is 69.4 Å². The minimum Gasteiger partial charge on any atom is -0.489 e. The number of hydrogen-bond acceptors (Lipinski definition) is 7. The highest BCUT2D eigenvalue weighted by Gasteiger charge is 2.46. The van der Waals surface area contributed by atoms with Crippen LogP contribution in [0.1, 0.15) is 78.5 Å². The predicted octanol–water partition coefficient (Wildman–Crippen LogP) is 5.74. The van der Waals surface area contributed by atoms with Crippen LogP contribution in [0.4, 0.5) is 18.9 Å². The number of pyridine rings is 1. The van der Waals surface area contributed by atoms with Crippen LogP contribution in [-0.4, -0.2) is 48.1 Å². The number of fused-ring (bicyclic) bond motifs is 1. The Balaban J connectivity index is 1.22. The first-order valence-electron chi connectivity index (χ1n) is 15.6. The standard InChI is InChI=1S/C34H33ClF3N5O4/c1-33(32(40)45)15-46-30-22(33)12-24(43-29(30)20-6-7-23(36)27(37)26(20)35)21(16-2-3-16)14-41-31(44)17-10-18(13-42-34(38)8-9-34)28(39)25(11-17)47-19-4-5-19/h6-7,10-13,16,19,21H,2-5,8-9,14-15,39H2,1H3,(H2,40,45)(H,41,44)/b42-13+/t21-,33-/m0/s1. The second kappa shape index (κ2) is 11.4. The number of amides is 2. The normalized spacial score (nSPS) is 21.6. The molecule has 2 aromatic carbocycles. The summed E-state index contributed by atoms with van der Waals surface area (Å²) in [5, 5.41) is 2.52. The van der Waals surface area contributed by atoms with E-state index in [2.05, 4.69) is 10.3 Å². The molecule has 5 N–H and O–H groups in total. The molecule has 0 radical (unpaired) electrons. The topological polar surface area (TPSA) is 142 Å². The number of halogens is 4. The Morgan fingerprint density at radius 1 is 1.21 bits per heavy atom. The van der Waals surface area contributed by atoms with Crippen LogP contribution in [0.15, 0.2) is 35.3 Å². The second-order valence-electron chi connectivity index (χ2n) is 13.1. The van der Waals surface area contributed by atoms with Gasteiger partial charge in [-0.05, 0) is 68.9 Å². The van der Waals surface area contributed by atoms with Gasteiger partial charge in [-0.25, -0.2) is 18.2 Å². The molecule has 3 fully saturated rings. The van der Waals surface area contributed by atoms with Crippen molar-refractivity contribution in [1.82, 2.24) is 10.3 Å². The van der Waals surface area contributed by atoms with Crippen molar-refractivity contribution in [2.24, 2.45) is 16.6 Å². The number of nitrogens with zero attached hydrogens (tertiary/aromatic N) is 2. The van der Waals surface area contributed by atoms with Gasteiger partial charge in [0.05, 0.1) is 16.8 Å². The number of aromatic nitrogens is 1. The van der Waals surface area contributed by atoms with Crippen LogP contribution in [0.25, 0.3) is 11.3 Å². The number of hydrogen-bond donors (Lipinski definition) is 3. The lowest BCUT2D eigenvalue weighted by Crippen LogP contribution is -2.40. The van der Waals surface area contributed by atoms with Crippen LogP contribution in [0, 0.1) is 17.6 Å². The van der Waals surface area contributed by atoms with Crippen molar-refractivity contribution in [3.63, 3.8) is 0 Å². The number of alkyl halides is 1. The highest BCUT2D eigenvalue weighted by atomic mass is 35.5. The van der Waals surface area contributed by atoms with Crippen LogP contribution >= 0.6 is 11.6 Å². The van der Waals surface area contributed by atoms with E-state index in [0.29, 0.717) is 35.4 Å². The number of nitrogens with one attached hydrogen (secondary N) is 1. The van der Waals surface area contributed by atoms with Gasteiger partial charge in [0, 0.05) is 59.5 Å². The fraction of sp³-hybridized carbons (Fsp3) is 0.412. The molecule has 3 aromatic rings. The Morgan fingerprint density at radius 3 is 2.62 bits per heavy atom. The summed E-state index contributed by atoms with van der Waals surface area (Å²) in [5.74, 6) is -4.61. The van der Waals surface area contributed by atoms with E-state index in [9.17, 15) is 22.8 Å². The lowest BCUT2D eigenvalue weighted by Gasteiger charge is -2.22. The van der Waals surface area contributed by atoms with Gasteiger partial charge in [-0.1, -0.05) is 11.6 Å². The Kier molecular flexibility index (Phi) is 7.61. The van der Waals surface area contributed by atoms with Crippen molar-refractivity contribution in [2.75, 3.05) is 18.9 Å². The lowest BCUT2D eigenvalue weighted by atomic mass is 9.82. The summed E-state index contributed by atoms with van der Waals surface area (Å²) < 4.78 is 54.7. The fourth-order valence-corrected chi connectivity index (χ4v) is 6.01. The summed E-state index contributed by atoms with van der Waals surface area (Å²) in [6.45, 7) is 1.74. The number of primary amides is 1. The van der Waals surface area contributed by atoms with E-state index in [1.807, 2.05) is 0 Å². The van der Waals surface area contributed by atoms with Gasteiger partial charge in [0.2, 0.25) is 5.91 Å². The SMILES string of the molecule is C[C@]1(C(N)=O)COc2c1cc([C@@H](CNC(=O)c1cc(/C=N/C3(F)CC3)c(N)c(OC3CC3)c1)C1CC1)nc2-c1ccc(F)c(F)c1Cl. The van der Waals surface area contributed by atoms with Gasteiger partial charge in [0.15, 0.2) is 17.4 Å². The molecular weight excluding hydrogens is 635 g/mol. The summed E-state index contributed by atoms with van der Waals surface area (Å²) in [4.78, 5) is 35.1. The van der Waals surface area contributed by atoms with Crippen molar-refractivity contribution in [2.45, 2.75) is 68.7 Å². The molecule has 3 saturated carbocycles. The summed E-state index contributed by atoms with van der Waals surface area (Å²) in [6.07, 6.45) is 5.53. The molecule has 0 unspecified atom stereocenters. The van der Waals surface area contributed by atoms with Crippen molar-refractivity contribution in [3.8, 4) is 22.8 Å². The third-order valence-corrected chi connectivity index (χ3v) is 9.70. The van der Waals surface area contributed by atoms with Gasteiger partial charge >= 0.3 is 0 Å². The zero-order valence-electron chi connectivity index (χ0n) is 25.5. The van der Waals surface area contributed by atoms with Gasteiger partial charge in [-0.15, -0.1) is 0 Å². The number of carbonyl (C=O) groups excluding carboxylic acids is 2. The molecule has 4 aliphatic rings. The second-order valence-corrected chi connectivity index (χ2v) is 13.5. The van der Waals surface area contributed by atoms with Crippen LogP contribution < -0.4 is 26.3 Å². The highest BCUT2D eigenvalue weighted by Crippen LogP contribution is 2.49. The third-order valence-electron chi connectivity index (χ3n) is 9.33. The molecule has 0 bridgehead atoms. The lowest BCUT2D eigenvalue weighted by molar-refractivity contribution is -0.123. The average molecular weight is 668 g/mol. The molecule has 13 heteroatoms. The van der Waals surface area contributed by atoms with E-state index in [1.165, 1.54) is 12.3 Å². The van der Waals surface area contributed by atoms with E-state index >= 15 is 0 Å². The maximum Gasteiger partial charge on any atom is 0.251 e. The number of nitrogen functional groups attached to an aromatic ring is 1. The molecule has 7 rings (SSSR count). The first kappa shape index (κ1) is 31.3. The number of aliphatic imine (C=N–C) groups is 1. The molecule has 1 aliphatic heterocycles. The molecular formula is C34H33ClF3N5O4. The van der Waals surface area contributed by atoms with E-state index < -0.39 is 39.7 Å². The van der Waals surface area contributed by atoms with Crippen LogP contribution in [0.3, 0.4) is 0 Å². The number of carbonyl (C=O) groups is 2. The maximum atomic E-state index is 14.6. The summed E-state index contributed by atoms with van der Waals surface area (Å²) in [6, 6.07) is 7.12. The number of rotatable bonds is 11. The Bertz CT molecular complexity index is 1840. The van der Waals surface area contributed by atoms with Crippen molar-refractivity contribution in [1.29, 1.82) is 0 Å². The van der Waals surface area contributed by atoms with Gasteiger partial charge in [0.25, 0.3) is 5.91 Å². The predicted molar refractivity (Wildman–Crippen MR) is 170 cm³/mol. The summed E-state index contributed by atoms with van der Waals surface area (Å²) in [7, 11) is 0. The van der Waals surface area contributed by atoms with Gasteiger partial charge in [-0.2, -0.15) is 0 Å². The van der Waals surface area contributed by atoms with Gasteiger partial charge < -0.3 is 26.3 Å². The number of ether oxygens (including phenoxy) is 2. The number of benzene rings is 2. The Morgan fingerprint density at radius 2 is 1.96 bits per heavy atom. The van der Waals surface area contributed by atoms with Crippen molar-refractivity contribution < 1.29 is 32.2 Å². The van der Waals surface area contributed by atoms with Crippen LogP contribution in [-0.2, 0) is 10.2 Å². The molecule has 2 atom stereocenters. The molecule has 3 aliphatic carbocycles. The van der Waals surface area contributed by atoms with Crippen LogP contribution in [0.2, 0.25) is 5.02 Å². The highest BCUT2D eigenvalue weighted by molar-refractivity contribution is 6.33. The molecule has 0 saturated heterocycles. The van der Waals surface area contributed by atoms with Gasteiger partial charge in [-0.3, -0.25) is 14.6 Å². The molecule has 2 heterocycles. The first-order chi connectivity index (χ1) is 22.4. The molecule has 9 nitrogen and oxygen atoms in total. The molecule has 0 spiro atoms. The third kappa shape index (κ3) is 5.99. The monoisotopic (exact) mass is 667 g/mol. The largest absolute Gasteiger partial charge is 0.489 e. The first-order valence-corrected chi connectivity index (χ1v) is 16.0. The Hall–Kier alpha value is -4.32. The number of nitrogens with two attached hydrogens (primary N) is 2. The van der Waals surface area contributed by atoms with E-state index in [-0.39, 0.29) is 59.3 Å². The quantitative estimate of drug-likeness (QED) is 0.103. The molecule has 2 amide bonds. The van der Waals surface area contributed by atoms with E-state index in [0.717, 1.165) is 31.7 Å². The zero-order chi connectivity index (χ0) is 33.2. The van der Waals surface area contributed by atoms with E-state index in [4.69, 9.17) is 37.5 Å². The van der Waals surface area contributed by atoms with Crippen LogP contribution in [0.5, 0.6) is 11.5 Å². The summed E-state index contributed by atoms with van der Waals surface area (Å²) >= 11 is 6.26. The zero-order valence-corrected chi connectivity index (χ0v) is 26.3. The Labute approximate surface area is 273 Å². The molecule has 47 heavy (non-hydrogen) atoms. The fourth-order valence-electron chi connectivity index (χ4n) is 5.77. The average Bonchev–Trinajstić information content (AvgIpc) is 3.94. The minimum absolute atomic E-state index is 0.00817. The summed E-state index contributed by atoms with van der Waals surface area (Å²) in [5.41, 5.74) is 13.1. The van der Waals surface area contributed by atoms with Gasteiger partial charge in [0.1, 0.15) is 29.2 Å². The molecule has 1 aromatic heterocycles.